The van der Waals surface area contributed by atoms with E-state index in [-0.39, 0.29) is 24.3 Å². The summed E-state index contributed by atoms with van der Waals surface area (Å²) in [5, 5.41) is 3.73. The van der Waals surface area contributed by atoms with Crippen LogP contribution in [0.2, 0.25) is 5.02 Å². The number of halogens is 1. The Balaban J connectivity index is 1.25. The molecule has 2 heterocycles. The highest BCUT2D eigenvalue weighted by atomic mass is 35.5. The molecular weight excluding hydrogens is 364 g/mol. The molecule has 2 aliphatic rings. The van der Waals surface area contributed by atoms with E-state index in [1.54, 1.807) is 11.0 Å². The van der Waals surface area contributed by atoms with Gasteiger partial charge in [-0.2, -0.15) is 0 Å². The van der Waals surface area contributed by atoms with Crippen molar-refractivity contribution in [1.29, 1.82) is 0 Å². The van der Waals surface area contributed by atoms with Crippen LogP contribution in [0.15, 0.2) is 54.6 Å². The second kappa shape index (κ2) is 8.19. The lowest BCUT2D eigenvalue weighted by Crippen LogP contribution is -2.60. The first kappa shape index (κ1) is 18.1. The van der Waals surface area contributed by atoms with Gasteiger partial charge in [0.15, 0.2) is 0 Å². The van der Waals surface area contributed by atoms with Crippen molar-refractivity contribution in [2.75, 3.05) is 19.7 Å². The predicted molar refractivity (Wildman–Crippen MR) is 104 cm³/mol. The average Bonchev–Trinajstić information content (AvgIpc) is 2.66. The molecule has 2 aromatic rings. The Bertz CT molecular complexity index is 780. The molecule has 0 spiro atoms. The Hall–Kier alpha value is -2.24. The third kappa shape index (κ3) is 4.37. The number of carbonyl (C=O) groups is 1. The van der Waals surface area contributed by atoms with Gasteiger partial charge in [-0.25, -0.2) is 4.79 Å². The van der Waals surface area contributed by atoms with Gasteiger partial charge in [-0.1, -0.05) is 54.1 Å². The number of nitrogens with one attached hydrogen (secondary N) is 1. The Labute approximate surface area is 164 Å². The van der Waals surface area contributed by atoms with Gasteiger partial charge in [0.1, 0.15) is 11.9 Å². The van der Waals surface area contributed by atoms with Gasteiger partial charge in [0.25, 0.3) is 0 Å². The second-order valence-corrected chi connectivity index (χ2v) is 7.42. The Morgan fingerprint density at radius 3 is 2.63 bits per heavy atom. The molecule has 1 N–H and O–H groups in total. The molecule has 0 unspecified atom stereocenters. The molecule has 2 aliphatic heterocycles. The summed E-state index contributed by atoms with van der Waals surface area (Å²) in [5.74, 6) is 0.666. The maximum atomic E-state index is 12.5. The molecule has 2 amide bonds. The largest absolute Gasteiger partial charge is 0.485 e. The predicted octanol–water partition coefficient (Wildman–Crippen LogP) is 4.03. The van der Waals surface area contributed by atoms with Crippen molar-refractivity contribution in [1.82, 2.24) is 10.2 Å². The summed E-state index contributed by atoms with van der Waals surface area (Å²) in [4.78, 5) is 14.3. The molecule has 2 atom stereocenters. The summed E-state index contributed by atoms with van der Waals surface area (Å²) in [6.07, 6.45) is 1.66. The van der Waals surface area contributed by atoms with E-state index < -0.39 is 0 Å². The Kier molecular flexibility index (Phi) is 5.50. The molecule has 2 saturated heterocycles. The minimum atomic E-state index is -0.0345. The molecule has 27 heavy (non-hydrogen) atoms. The minimum Gasteiger partial charge on any atom is -0.485 e. The summed E-state index contributed by atoms with van der Waals surface area (Å²) < 4.78 is 11.7. The van der Waals surface area contributed by atoms with Crippen molar-refractivity contribution in [2.24, 2.45) is 0 Å². The highest BCUT2D eigenvalue weighted by molar-refractivity contribution is 6.32. The van der Waals surface area contributed by atoms with Crippen LogP contribution >= 0.6 is 11.6 Å². The van der Waals surface area contributed by atoms with Crippen molar-refractivity contribution in [3.8, 4) is 5.75 Å². The van der Waals surface area contributed by atoms with Gasteiger partial charge >= 0.3 is 6.03 Å². The van der Waals surface area contributed by atoms with Crippen molar-refractivity contribution in [2.45, 2.75) is 31.1 Å². The third-order valence-corrected chi connectivity index (χ3v) is 5.36. The molecule has 0 aromatic heterocycles. The fourth-order valence-corrected chi connectivity index (χ4v) is 3.67. The highest BCUT2D eigenvalue weighted by Crippen LogP contribution is 2.29. The van der Waals surface area contributed by atoms with E-state index in [9.17, 15) is 4.79 Å². The van der Waals surface area contributed by atoms with Crippen LogP contribution in [0.4, 0.5) is 4.79 Å². The van der Waals surface area contributed by atoms with Crippen molar-refractivity contribution >= 4 is 17.6 Å². The lowest BCUT2D eigenvalue weighted by Gasteiger charge is -2.40. The van der Waals surface area contributed by atoms with Gasteiger partial charge in [0.05, 0.1) is 24.2 Å². The van der Waals surface area contributed by atoms with Crippen molar-refractivity contribution in [3.05, 3.63) is 65.2 Å². The van der Waals surface area contributed by atoms with Gasteiger partial charge in [-0.05, 0) is 30.5 Å². The lowest BCUT2D eigenvalue weighted by molar-refractivity contribution is -0.00161. The number of benzene rings is 2. The number of ether oxygens (including phenoxy) is 2. The van der Waals surface area contributed by atoms with Gasteiger partial charge in [-0.15, -0.1) is 0 Å². The summed E-state index contributed by atoms with van der Waals surface area (Å²) in [6, 6.07) is 17.7. The number of hydrogen-bond donors (Lipinski definition) is 1. The van der Waals surface area contributed by atoms with Crippen LogP contribution in [-0.4, -0.2) is 42.8 Å². The summed E-state index contributed by atoms with van der Waals surface area (Å²) in [5.41, 5.74) is 1.16. The van der Waals surface area contributed by atoms with Crippen LogP contribution in [0, 0.1) is 0 Å². The number of hydrogen-bond acceptors (Lipinski definition) is 3. The number of amides is 2. The van der Waals surface area contributed by atoms with Crippen molar-refractivity contribution in [3.63, 3.8) is 0 Å². The van der Waals surface area contributed by atoms with E-state index in [1.165, 1.54) is 0 Å². The monoisotopic (exact) mass is 386 g/mol. The van der Waals surface area contributed by atoms with Crippen LogP contribution in [0.5, 0.6) is 5.75 Å². The van der Waals surface area contributed by atoms with Crippen LogP contribution in [-0.2, 0) is 4.74 Å². The molecular formula is C21H23ClN2O3. The van der Waals surface area contributed by atoms with Crippen LogP contribution in [0.3, 0.4) is 0 Å². The molecule has 142 valence electrons. The van der Waals surface area contributed by atoms with E-state index in [2.05, 4.69) is 17.4 Å². The first-order chi connectivity index (χ1) is 13.2. The molecule has 2 aromatic carbocycles. The van der Waals surface area contributed by atoms with Crippen molar-refractivity contribution < 1.29 is 14.3 Å². The number of urea groups is 1. The number of para-hydroxylation sites is 1. The first-order valence-electron chi connectivity index (χ1n) is 9.32. The van der Waals surface area contributed by atoms with E-state index >= 15 is 0 Å². The number of nitrogens with zero attached hydrogens (tertiary/aromatic N) is 1. The van der Waals surface area contributed by atoms with Crippen LogP contribution in [0.25, 0.3) is 0 Å². The zero-order chi connectivity index (χ0) is 18.6. The number of carbonyl (C=O) groups excluding carboxylic acids is 1. The second-order valence-electron chi connectivity index (χ2n) is 7.02. The van der Waals surface area contributed by atoms with E-state index in [0.717, 1.165) is 18.4 Å². The molecule has 0 bridgehead atoms. The number of likely N-dealkylation sites (tertiary alicyclic amines) is 1. The molecule has 6 heteroatoms. The van der Waals surface area contributed by atoms with Crippen LogP contribution in [0.1, 0.15) is 24.5 Å². The maximum absolute atomic E-state index is 12.5. The maximum Gasteiger partial charge on any atom is 0.317 e. The molecule has 4 rings (SSSR count). The Morgan fingerprint density at radius 2 is 1.85 bits per heavy atom. The molecule has 0 saturated carbocycles. The lowest BCUT2D eigenvalue weighted by atomic mass is 9.97. The smallest absolute Gasteiger partial charge is 0.317 e. The standard InChI is InChI=1S/C21H23ClN2O3/c22-18-8-4-5-9-19(18)27-17-13-24(14-17)21(25)23-16-10-11-26-20(12-16)15-6-2-1-3-7-15/h1-9,16-17,20H,10-14H2,(H,23,25)/t16-,20-/m1/s1. The molecule has 2 fully saturated rings. The fourth-order valence-electron chi connectivity index (χ4n) is 3.49. The quantitative estimate of drug-likeness (QED) is 0.863. The minimum absolute atomic E-state index is 0.0117. The van der Waals surface area contributed by atoms with Gasteiger partial charge in [0.2, 0.25) is 0 Å². The normalized spacial score (nSPS) is 22.8. The SMILES string of the molecule is O=C(N[C@@H]1CCO[C@@H](c2ccccc2)C1)N1CC(Oc2ccccc2Cl)C1. The third-order valence-electron chi connectivity index (χ3n) is 5.05. The van der Waals surface area contributed by atoms with E-state index in [4.69, 9.17) is 21.1 Å². The Morgan fingerprint density at radius 1 is 1.11 bits per heavy atom. The zero-order valence-corrected chi connectivity index (χ0v) is 15.8. The molecule has 5 nitrogen and oxygen atoms in total. The summed E-state index contributed by atoms with van der Waals surface area (Å²) in [7, 11) is 0. The number of rotatable bonds is 4. The highest BCUT2D eigenvalue weighted by Gasteiger charge is 2.34. The molecule has 0 aliphatic carbocycles. The zero-order valence-electron chi connectivity index (χ0n) is 15.0. The fraction of sp³-hybridized carbons (Fsp3) is 0.381. The van der Waals surface area contributed by atoms with Gasteiger partial charge < -0.3 is 19.7 Å². The summed E-state index contributed by atoms with van der Waals surface area (Å²) >= 11 is 6.11. The molecule has 0 radical (unpaired) electrons. The first-order valence-corrected chi connectivity index (χ1v) is 9.70. The van der Waals surface area contributed by atoms with Gasteiger partial charge in [-0.3, -0.25) is 0 Å². The average molecular weight is 387 g/mol. The van der Waals surface area contributed by atoms with Gasteiger partial charge in [0, 0.05) is 12.6 Å². The van der Waals surface area contributed by atoms with E-state index in [1.807, 2.05) is 36.4 Å². The topological polar surface area (TPSA) is 50.8 Å². The summed E-state index contributed by atoms with van der Waals surface area (Å²) in [6.45, 7) is 1.80. The van der Waals surface area contributed by atoms with Crippen LogP contribution < -0.4 is 10.1 Å². The van der Waals surface area contributed by atoms with E-state index in [0.29, 0.717) is 30.5 Å².